The molecule has 0 aromatic heterocycles. The highest BCUT2D eigenvalue weighted by atomic mass is 15.4. The second-order valence-corrected chi connectivity index (χ2v) is 8.69. The van der Waals surface area contributed by atoms with Crippen molar-refractivity contribution < 1.29 is 0 Å². The number of nitrogens with zero attached hydrogens (tertiary/aromatic N) is 1. The summed E-state index contributed by atoms with van der Waals surface area (Å²) < 4.78 is 0. The summed E-state index contributed by atoms with van der Waals surface area (Å²) in [6, 6.07) is 53.5. The monoisotopic (exact) mass is 450 g/mol. The van der Waals surface area contributed by atoms with Crippen molar-refractivity contribution in [1.82, 2.24) is 5.32 Å². The molecule has 2 heteroatoms. The number of hydrogen-bond donors (Lipinski definition) is 1. The average Bonchev–Trinajstić information content (AvgIpc) is 3.33. The lowest BCUT2D eigenvalue weighted by Crippen LogP contribution is -2.51. The lowest BCUT2D eigenvalue weighted by molar-refractivity contribution is 0.501. The van der Waals surface area contributed by atoms with E-state index in [0.717, 1.165) is 28.2 Å². The van der Waals surface area contributed by atoms with Gasteiger partial charge in [-0.3, -0.25) is 0 Å². The number of rotatable bonds is 5. The predicted molar refractivity (Wildman–Crippen MR) is 145 cm³/mol. The molecular weight excluding hydrogens is 424 g/mol. The van der Waals surface area contributed by atoms with Gasteiger partial charge < -0.3 is 10.2 Å². The topological polar surface area (TPSA) is 15.3 Å². The minimum absolute atomic E-state index is 0.639. The van der Waals surface area contributed by atoms with E-state index < -0.39 is 5.66 Å². The molecule has 0 saturated carbocycles. The molecule has 0 radical (unpaired) electrons. The molecule has 168 valence electrons. The first-order valence-electron chi connectivity index (χ1n) is 12.0. The van der Waals surface area contributed by atoms with Gasteiger partial charge in [0.15, 0.2) is 5.66 Å². The minimum Gasteiger partial charge on any atom is -0.353 e. The van der Waals surface area contributed by atoms with Crippen LogP contribution in [0.4, 0.5) is 5.69 Å². The summed E-state index contributed by atoms with van der Waals surface area (Å²) >= 11 is 0. The Hall–Kier alpha value is -4.56. The molecule has 1 N–H and O–H groups in total. The lowest BCUT2D eigenvalue weighted by atomic mass is 9.89. The van der Waals surface area contributed by atoms with Gasteiger partial charge in [0.25, 0.3) is 0 Å². The zero-order valence-electron chi connectivity index (χ0n) is 19.4. The summed E-state index contributed by atoms with van der Waals surface area (Å²) in [5, 5.41) is 4.06. The Kier molecular flexibility index (Phi) is 5.40. The summed E-state index contributed by atoms with van der Waals surface area (Å²) in [6.07, 6.45) is 0. The number of nitrogens with one attached hydrogen (secondary N) is 1. The molecule has 1 heterocycles. The molecule has 5 aromatic rings. The van der Waals surface area contributed by atoms with Gasteiger partial charge in [0.2, 0.25) is 0 Å². The van der Waals surface area contributed by atoms with Crippen LogP contribution in [0.1, 0.15) is 22.3 Å². The SMILES string of the molecule is c1ccc(C2=C(c3ccccc3)N(c3ccccc3)C(c3ccccc3)(c3ccccc3)N2)cc1. The van der Waals surface area contributed by atoms with Crippen LogP contribution in [-0.4, -0.2) is 0 Å². The van der Waals surface area contributed by atoms with Gasteiger partial charge in [0.05, 0.1) is 11.4 Å². The van der Waals surface area contributed by atoms with E-state index in [-0.39, 0.29) is 0 Å². The van der Waals surface area contributed by atoms with Crippen molar-refractivity contribution >= 4 is 17.1 Å². The molecule has 0 bridgehead atoms. The average molecular weight is 451 g/mol. The largest absolute Gasteiger partial charge is 0.353 e. The van der Waals surface area contributed by atoms with Crippen LogP contribution in [0.25, 0.3) is 11.4 Å². The zero-order chi connectivity index (χ0) is 23.5. The van der Waals surface area contributed by atoms with Crippen LogP contribution in [0, 0.1) is 0 Å². The first-order valence-corrected chi connectivity index (χ1v) is 12.0. The standard InChI is InChI=1S/C33H26N2/c1-6-16-26(17-7-1)31-32(27-18-8-2-9-19-27)35(30-24-14-5-15-25-30)33(34-31,28-20-10-3-11-21-28)29-22-12-4-13-23-29/h1-25,34H. The molecule has 0 aliphatic carbocycles. The van der Waals surface area contributed by atoms with Gasteiger partial charge in [-0.1, -0.05) is 140 Å². The van der Waals surface area contributed by atoms with Crippen LogP contribution >= 0.6 is 0 Å². The Morgan fingerprint density at radius 3 is 1.31 bits per heavy atom. The van der Waals surface area contributed by atoms with Crippen LogP contribution in [0.15, 0.2) is 152 Å². The summed E-state index contributed by atoms with van der Waals surface area (Å²) in [5.74, 6) is 0. The fourth-order valence-electron chi connectivity index (χ4n) is 5.09. The van der Waals surface area contributed by atoms with E-state index >= 15 is 0 Å². The molecule has 0 spiro atoms. The van der Waals surface area contributed by atoms with E-state index in [0.29, 0.717) is 0 Å². The van der Waals surface area contributed by atoms with Gasteiger partial charge in [-0.15, -0.1) is 0 Å². The Balaban J connectivity index is 1.73. The van der Waals surface area contributed by atoms with Crippen molar-refractivity contribution in [2.24, 2.45) is 0 Å². The van der Waals surface area contributed by atoms with Crippen LogP contribution in [0.5, 0.6) is 0 Å². The maximum atomic E-state index is 4.06. The molecule has 0 fully saturated rings. The Morgan fingerprint density at radius 1 is 0.429 bits per heavy atom. The van der Waals surface area contributed by atoms with Crippen molar-refractivity contribution in [3.05, 3.63) is 174 Å². The van der Waals surface area contributed by atoms with Crippen molar-refractivity contribution in [2.45, 2.75) is 5.66 Å². The summed E-state index contributed by atoms with van der Waals surface area (Å²) in [7, 11) is 0. The number of para-hydroxylation sites is 1. The van der Waals surface area contributed by atoms with Crippen LogP contribution < -0.4 is 10.2 Å². The Bertz CT molecular complexity index is 1390. The molecule has 0 amide bonds. The highest BCUT2D eigenvalue weighted by Crippen LogP contribution is 2.50. The van der Waals surface area contributed by atoms with Crippen LogP contribution in [0.3, 0.4) is 0 Å². The van der Waals surface area contributed by atoms with E-state index in [1.165, 1.54) is 11.1 Å². The molecule has 1 aliphatic heterocycles. The summed E-state index contributed by atoms with van der Waals surface area (Å²) in [4.78, 5) is 2.47. The molecule has 5 aromatic carbocycles. The maximum absolute atomic E-state index is 4.06. The number of hydrogen-bond acceptors (Lipinski definition) is 2. The first kappa shape index (κ1) is 21.0. The van der Waals surface area contributed by atoms with Crippen molar-refractivity contribution in [3.63, 3.8) is 0 Å². The van der Waals surface area contributed by atoms with E-state index in [4.69, 9.17) is 0 Å². The lowest BCUT2D eigenvalue weighted by Gasteiger charge is -2.42. The molecule has 35 heavy (non-hydrogen) atoms. The van der Waals surface area contributed by atoms with E-state index in [1.807, 2.05) is 0 Å². The Labute approximate surface area is 206 Å². The maximum Gasteiger partial charge on any atom is 0.168 e. The first-order chi connectivity index (χ1) is 17.4. The fourth-order valence-corrected chi connectivity index (χ4v) is 5.09. The van der Waals surface area contributed by atoms with Crippen LogP contribution in [-0.2, 0) is 5.66 Å². The second-order valence-electron chi connectivity index (χ2n) is 8.69. The van der Waals surface area contributed by atoms with Crippen LogP contribution in [0.2, 0.25) is 0 Å². The molecule has 0 atom stereocenters. The van der Waals surface area contributed by atoms with Crippen molar-refractivity contribution in [1.29, 1.82) is 0 Å². The number of anilines is 1. The minimum atomic E-state index is -0.639. The normalized spacial score (nSPS) is 14.6. The Morgan fingerprint density at radius 2 is 0.829 bits per heavy atom. The zero-order valence-corrected chi connectivity index (χ0v) is 19.4. The molecular formula is C33H26N2. The third-order valence-electron chi connectivity index (χ3n) is 6.61. The van der Waals surface area contributed by atoms with Gasteiger partial charge in [-0.05, 0) is 17.7 Å². The molecule has 0 unspecified atom stereocenters. The number of benzene rings is 5. The van der Waals surface area contributed by atoms with Gasteiger partial charge in [0.1, 0.15) is 0 Å². The molecule has 1 aliphatic rings. The second kappa shape index (κ2) is 9.00. The van der Waals surface area contributed by atoms with Gasteiger partial charge in [0, 0.05) is 22.4 Å². The van der Waals surface area contributed by atoms with Crippen molar-refractivity contribution in [2.75, 3.05) is 4.90 Å². The third-order valence-corrected chi connectivity index (χ3v) is 6.61. The van der Waals surface area contributed by atoms with Gasteiger partial charge in [-0.2, -0.15) is 0 Å². The van der Waals surface area contributed by atoms with E-state index in [9.17, 15) is 0 Å². The molecule has 0 saturated heterocycles. The summed E-state index contributed by atoms with van der Waals surface area (Å²) in [5.41, 5.74) is 7.41. The highest BCUT2D eigenvalue weighted by molar-refractivity contribution is 6.01. The summed E-state index contributed by atoms with van der Waals surface area (Å²) in [6.45, 7) is 0. The molecule has 6 rings (SSSR count). The smallest absolute Gasteiger partial charge is 0.168 e. The van der Waals surface area contributed by atoms with E-state index in [2.05, 4.69) is 162 Å². The highest BCUT2D eigenvalue weighted by Gasteiger charge is 2.49. The van der Waals surface area contributed by atoms with Gasteiger partial charge >= 0.3 is 0 Å². The van der Waals surface area contributed by atoms with E-state index in [1.54, 1.807) is 0 Å². The third kappa shape index (κ3) is 3.60. The quantitative estimate of drug-likeness (QED) is 0.298. The van der Waals surface area contributed by atoms with Crippen molar-refractivity contribution in [3.8, 4) is 0 Å². The molecule has 2 nitrogen and oxygen atoms in total. The predicted octanol–water partition coefficient (Wildman–Crippen LogP) is 7.52. The fraction of sp³-hybridized carbons (Fsp3) is 0.0303. The van der Waals surface area contributed by atoms with Gasteiger partial charge in [-0.25, -0.2) is 0 Å².